The first-order valence-electron chi connectivity index (χ1n) is 5.99. The molecule has 2 N–H and O–H groups in total. The summed E-state index contributed by atoms with van der Waals surface area (Å²) in [6.07, 6.45) is 3.86. The van der Waals surface area contributed by atoms with Crippen LogP contribution in [0.25, 0.3) is 0 Å². The van der Waals surface area contributed by atoms with E-state index in [1.807, 2.05) is 13.8 Å². The van der Waals surface area contributed by atoms with E-state index in [0.29, 0.717) is 12.6 Å². The van der Waals surface area contributed by atoms with Crippen LogP contribution in [0, 0.1) is 13.8 Å². The van der Waals surface area contributed by atoms with Crippen molar-refractivity contribution in [2.24, 2.45) is 5.73 Å². The van der Waals surface area contributed by atoms with Crippen molar-refractivity contribution < 1.29 is 0 Å². The van der Waals surface area contributed by atoms with E-state index in [0.717, 1.165) is 23.9 Å². The number of nitrogens with two attached hydrogens (primary N) is 1. The zero-order valence-electron chi connectivity index (χ0n) is 10.1. The summed E-state index contributed by atoms with van der Waals surface area (Å²) in [5.74, 6) is 1.89. The Kier molecular flexibility index (Phi) is 3.39. The van der Waals surface area contributed by atoms with E-state index in [1.54, 1.807) is 0 Å². The molecule has 1 aliphatic carbocycles. The second-order valence-corrected chi connectivity index (χ2v) is 4.48. The van der Waals surface area contributed by atoms with Crippen LogP contribution in [0.5, 0.6) is 0 Å². The number of hydrogen-bond donors (Lipinski definition) is 1. The Balaban J connectivity index is 2.22. The normalized spacial score (nSPS) is 15.9. The van der Waals surface area contributed by atoms with E-state index < -0.39 is 0 Å². The highest BCUT2D eigenvalue weighted by Gasteiger charge is 2.25. The fourth-order valence-corrected chi connectivity index (χ4v) is 2.17. The number of aryl methyl sites for hydroxylation is 2. The Morgan fingerprint density at radius 2 is 2.12 bits per heavy atom. The number of hydrogen-bond acceptors (Lipinski definition) is 4. The van der Waals surface area contributed by atoms with Gasteiger partial charge in [0.05, 0.1) is 0 Å². The SMILES string of the molecule is Cc1cc(N(CCN)C2CCC2)nc(C)n1. The third-order valence-electron chi connectivity index (χ3n) is 3.13. The molecule has 0 radical (unpaired) electrons. The summed E-state index contributed by atoms with van der Waals surface area (Å²) in [6.45, 7) is 5.52. The Hall–Kier alpha value is -1.16. The molecular weight excluding hydrogens is 200 g/mol. The van der Waals surface area contributed by atoms with Gasteiger partial charge in [0.15, 0.2) is 0 Å². The molecule has 88 valence electrons. The van der Waals surface area contributed by atoms with Crippen molar-refractivity contribution in [2.45, 2.75) is 39.2 Å². The third kappa shape index (κ3) is 2.32. The first-order chi connectivity index (χ1) is 7.70. The summed E-state index contributed by atoms with van der Waals surface area (Å²) >= 11 is 0. The molecule has 1 aromatic rings. The van der Waals surface area contributed by atoms with Gasteiger partial charge in [0.25, 0.3) is 0 Å². The van der Waals surface area contributed by atoms with E-state index >= 15 is 0 Å². The van der Waals surface area contributed by atoms with Gasteiger partial charge >= 0.3 is 0 Å². The van der Waals surface area contributed by atoms with Gasteiger partial charge in [-0.1, -0.05) is 0 Å². The topological polar surface area (TPSA) is 55.0 Å². The largest absolute Gasteiger partial charge is 0.352 e. The van der Waals surface area contributed by atoms with E-state index in [2.05, 4.69) is 20.9 Å². The average Bonchev–Trinajstić information content (AvgIpc) is 2.12. The highest BCUT2D eigenvalue weighted by Crippen LogP contribution is 2.28. The van der Waals surface area contributed by atoms with Crippen molar-refractivity contribution in [3.05, 3.63) is 17.6 Å². The molecule has 0 bridgehead atoms. The van der Waals surface area contributed by atoms with Crippen molar-refractivity contribution >= 4 is 5.82 Å². The predicted octanol–water partition coefficient (Wildman–Crippen LogP) is 1.41. The first-order valence-corrected chi connectivity index (χ1v) is 5.99. The molecule has 1 heterocycles. The number of anilines is 1. The molecule has 0 atom stereocenters. The average molecular weight is 220 g/mol. The molecule has 16 heavy (non-hydrogen) atoms. The number of aromatic nitrogens is 2. The minimum atomic E-state index is 0.636. The van der Waals surface area contributed by atoms with Crippen molar-refractivity contribution in [2.75, 3.05) is 18.0 Å². The van der Waals surface area contributed by atoms with Gasteiger partial charge < -0.3 is 10.6 Å². The molecule has 1 fully saturated rings. The fraction of sp³-hybridized carbons (Fsp3) is 0.667. The molecule has 4 nitrogen and oxygen atoms in total. The lowest BCUT2D eigenvalue weighted by molar-refractivity contribution is 0.385. The van der Waals surface area contributed by atoms with Crippen LogP contribution in [0.3, 0.4) is 0 Å². The van der Waals surface area contributed by atoms with E-state index in [9.17, 15) is 0 Å². The van der Waals surface area contributed by atoms with Gasteiger partial charge in [-0.05, 0) is 33.1 Å². The molecule has 1 aliphatic rings. The zero-order valence-corrected chi connectivity index (χ0v) is 10.1. The summed E-state index contributed by atoms with van der Waals surface area (Å²) < 4.78 is 0. The summed E-state index contributed by atoms with van der Waals surface area (Å²) in [5.41, 5.74) is 6.71. The van der Waals surface area contributed by atoms with Crippen LogP contribution in [-0.4, -0.2) is 29.1 Å². The number of nitrogens with zero attached hydrogens (tertiary/aromatic N) is 3. The van der Waals surface area contributed by atoms with Gasteiger partial charge in [-0.2, -0.15) is 0 Å². The highest BCUT2D eigenvalue weighted by atomic mass is 15.2. The molecule has 0 saturated heterocycles. The van der Waals surface area contributed by atoms with Crippen molar-refractivity contribution in [3.8, 4) is 0 Å². The maximum atomic E-state index is 5.67. The van der Waals surface area contributed by atoms with Crippen LogP contribution < -0.4 is 10.6 Å². The second-order valence-electron chi connectivity index (χ2n) is 4.48. The Bertz CT molecular complexity index is 340. The van der Waals surface area contributed by atoms with Crippen LogP contribution in [-0.2, 0) is 0 Å². The summed E-state index contributed by atoms with van der Waals surface area (Å²) in [4.78, 5) is 11.2. The Labute approximate surface area is 96.9 Å². The lowest BCUT2D eigenvalue weighted by atomic mass is 9.91. The van der Waals surface area contributed by atoms with Crippen LogP contribution >= 0.6 is 0 Å². The van der Waals surface area contributed by atoms with Gasteiger partial charge in [0.2, 0.25) is 0 Å². The van der Waals surface area contributed by atoms with Crippen molar-refractivity contribution in [1.82, 2.24) is 9.97 Å². The van der Waals surface area contributed by atoms with Crippen LogP contribution in [0.15, 0.2) is 6.07 Å². The van der Waals surface area contributed by atoms with Gasteiger partial charge in [0, 0.05) is 30.9 Å². The van der Waals surface area contributed by atoms with Crippen LogP contribution in [0.2, 0.25) is 0 Å². The fourth-order valence-electron chi connectivity index (χ4n) is 2.17. The lowest BCUT2D eigenvalue weighted by Crippen LogP contribution is -2.43. The van der Waals surface area contributed by atoms with E-state index in [1.165, 1.54) is 19.3 Å². The minimum Gasteiger partial charge on any atom is -0.352 e. The van der Waals surface area contributed by atoms with Crippen molar-refractivity contribution in [1.29, 1.82) is 0 Å². The molecule has 0 unspecified atom stereocenters. The molecular formula is C12H20N4. The maximum Gasteiger partial charge on any atom is 0.132 e. The number of rotatable bonds is 4. The molecule has 0 amide bonds. The molecule has 1 aromatic heterocycles. The molecule has 1 saturated carbocycles. The monoisotopic (exact) mass is 220 g/mol. The van der Waals surface area contributed by atoms with Gasteiger partial charge in [-0.25, -0.2) is 9.97 Å². The van der Waals surface area contributed by atoms with E-state index in [-0.39, 0.29) is 0 Å². The Morgan fingerprint density at radius 3 is 2.62 bits per heavy atom. The third-order valence-corrected chi connectivity index (χ3v) is 3.13. The van der Waals surface area contributed by atoms with Gasteiger partial charge in [0.1, 0.15) is 11.6 Å². The lowest BCUT2D eigenvalue weighted by Gasteiger charge is -2.38. The predicted molar refractivity (Wildman–Crippen MR) is 65.5 cm³/mol. The molecule has 4 heteroatoms. The summed E-state index contributed by atoms with van der Waals surface area (Å²) in [5, 5.41) is 0. The maximum absolute atomic E-state index is 5.67. The van der Waals surface area contributed by atoms with Gasteiger partial charge in [-0.3, -0.25) is 0 Å². The zero-order chi connectivity index (χ0) is 11.5. The van der Waals surface area contributed by atoms with Crippen molar-refractivity contribution in [3.63, 3.8) is 0 Å². The summed E-state index contributed by atoms with van der Waals surface area (Å²) in [7, 11) is 0. The highest BCUT2D eigenvalue weighted by molar-refractivity contribution is 5.41. The second kappa shape index (κ2) is 4.78. The molecule has 0 spiro atoms. The van der Waals surface area contributed by atoms with Gasteiger partial charge in [-0.15, -0.1) is 0 Å². The standard InChI is InChI=1S/C12H20N4/c1-9-8-12(15-10(2)14-9)16(7-6-13)11-4-3-5-11/h8,11H,3-7,13H2,1-2H3. The summed E-state index contributed by atoms with van der Waals surface area (Å²) in [6, 6.07) is 2.69. The molecule has 0 aliphatic heterocycles. The first kappa shape index (κ1) is 11.3. The smallest absolute Gasteiger partial charge is 0.132 e. The van der Waals surface area contributed by atoms with E-state index in [4.69, 9.17) is 5.73 Å². The minimum absolute atomic E-state index is 0.636. The quantitative estimate of drug-likeness (QED) is 0.833. The Morgan fingerprint density at radius 1 is 1.38 bits per heavy atom. The molecule has 2 rings (SSSR count). The van der Waals surface area contributed by atoms with Crippen LogP contribution in [0.1, 0.15) is 30.8 Å². The van der Waals surface area contributed by atoms with Crippen LogP contribution in [0.4, 0.5) is 5.82 Å². The molecule has 0 aromatic carbocycles.